The molecule has 0 aliphatic heterocycles. The third kappa shape index (κ3) is 2.60. The molecule has 0 saturated heterocycles. The lowest BCUT2D eigenvalue weighted by Gasteiger charge is -2.07. The standard InChI is InChI=1S/C11H11ClN4O2/c1-6-15-9(18-16-6)5-14-11(17)10-7(12)3-2-4-8(10)13/h2-4H,5,13H2,1H3,(H,14,17). The largest absolute Gasteiger partial charge is 0.398 e. The zero-order valence-electron chi connectivity index (χ0n) is 9.61. The van der Waals surface area contributed by atoms with E-state index < -0.39 is 0 Å². The molecule has 0 atom stereocenters. The van der Waals surface area contributed by atoms with Crippen LogP contribution in [0.1, 0.15) is 22.1 Å². The number of carbonyl (C=O) groups is 1. The Balaban J connectivity index is 2.08. The van der Waals surface area contributed by atoms with Crippen molar-refractivity contribution in [3.05, 3.63) is 40.5 Å². The van der Waals surface area contributed by atoms with E-state index in [1.54, 1.807) is 25.1 Å². The summed E-state index contributed by atoms with van der Waals surface area (Å²) in [6.07, 6.45) is 0. The predicted molar refractivity (Wildman–Crippen MR) is 66.1 cm³/mol. The van der Waals surface area contributed by atoms with Crippen molar-refractivity contribution >= 4 is 23.2 Å². The molecule has 0 saturated carbocycles. The van der Waals surface area contributed by atoms with Gasteiger partial charge in [0.1, 0.15) is 0 Å². The molecule has 18 heavy (non-hydrogen) atoms. The highest BCUT2D eigenvalue weighted by Gasteiger charge is 2.14. The number of hydrogen-bond acceptors (Lipinski definition) is 5. The molecular weight excluding hydrogens is 256 g/mol. The quantitative estimate of drug-likeness (QED) is 0.822. The number of nitrogens with zero attached hydrogens (tertiary/aromatic N) is 2. The van der Waals surface area contributed by atoms with Crippen LogP contribution in [-0.2, 0) is 6.54 Å². The number of nitrogens with one attached hydrogen (secondary N) is 1. The van der Waals surface area contributed by atoms with Gasteiger partial charge in [-0.2, -0.15) is 4.98 Å². The molecule has 94 valence electrons. The highest BCUT2D eigenvalue weighted by molar-refractivity contribution is 6.34. The van der Waals surface area contributed by atoms with Crippen molar-refractivity contribution in [1.29, 1.82) is 0 Å². The second-order valence-electron chi connectivity index (χ2n) is 3.62. The van der Waals surface area contributed by atoms with E-state index in [9.17, 15) is 4.79 Å². The SMILES string of the molecule is Cc1noc(CNC(=O)c2c(N)cccc2Cl)n1. The molecule has 0 radical (unpaired) electrons. The van der Waals surface area contributed by atoms with Gasteiger partial charge in [0.05, 0.1) is 17.1 Å². The topological polar surface area (TPSA) is 94.0 Å². The van der Waals surface area contributed by atoms with E-state index >= 15 is 0 Å². The van der Waals surface area contributed by atoms with E-state index in [4.69, 9.17) is 21.9 Å². The lowest BCUT2D eigenvalue weighted by molar-refractivity contribution is 0.0947. The molecule has 7 heteroatoms. The summed E-state index contributed by atoms with van der Waals surface area (Å²) in [5.74, 6) is 0.455. The van der Waals surface area contributed by atoms with Gasteiger partial charge < -0.3 is 15.6 Å². The van der Waals surface area contributed by atoms with E-state index in [-0.39, 0.29) is 18.0 Å². The zero-order chi connectivity index (χ0) is 13.1. The Labute approximate surface area is 108 Å². The third-order valence-electron chi connectivity index (χ3n) is 2.24. The first kappa shape index (κ1) is 12.4. The Bertz CT molecular complexity index is 562. The van der Waals surface area contributed by atoms with Gasteiger partial charge in [-0.25, -0.2) is 0 Å². The summed E-state index contributed by atoms with van der Waals surface area (Å²) in [7, 11) is 0. The Morgan fingerprint density at radius 3 is 2.94 bits per heavy atom. The summed E-state index contributed by atoms with van der Waals surface area (Å²) in [5.41, 5.74) is 6.27. The van der Waals surface area contributed by atoms with Crippen molar-refractivity contribution in [3.8, 4) is 0 Å². The fourth-order valence-electron chi connectivity index (χ4n) is 1.44. The molecule has 0 bridgehead atoms. The molecule has 0 spiro atoms. The van der Waals surface area contributed by atoms with Crippen LogP contribution in [0, 0.1) is 6.92 Å². The minimum atomic E-state index is -0.381. The third-order valence-corrected chi connectivity index (χ3v) is 2.56. The smallest absolute Gasteiger partial charge is 0.255 e. The minimum Gasteiger partial charge on any atom is -0.398 e. The number of nitrogen functional groups attached to an aromatic ring is 1. The maximum Gasteiger partial charge on any atom is 0.255 e. The fourth-order valence-corrected chi connectivity index (χ4v) is 1.70. The summed E-state index contributed by atoms with van der Waals surface area (Å²) < 4.78 is 4.87. The van der Waals surface area contributed by atoms with Crippen molar-refractivity contribution in [2.75, 3.05) is 5.73 Å². The number of aromatic nitrogens is 2. The Kier molecular flexibility index (Phi) is 3.47. The number of nitrogens with two attached hydrogens (primary N) is 1. The Morgan fingerprint density at radius 1 is 1.56 bits per heavy atom. The number of hydrogen-bond donors (Lipinski definition) is 2. The van der Waals surface area contributed by atoms with E-state index in [2.05, 4.69) is 15.5 Å². The fraction of sp³-hybridized carbons (Fsp3) is 0.182. The Morgan fingerprint density at radius 2 is 2.33 bits per heavy atom. The molecular formula is C11H11ClN4O2. The first-order valence-corrected chi connectivity index (χ1v) is 5.57. The van der Waals surface area contributed by atoms with Crippen molar-refractivity contribution < 1.29 is 9.32 Å². The molecule has 0 aliphatic rings. The second kappa shape index (κ2) is 5.05. The van der Waals surface area contributed by atoms with Gasteiger partial charge in [-0.3, -0.25) is 4.79 Å². The number of benzene rings is 1. The van der Waals surface area contributed by atoms with E-state index in [1.165, 1.54) is 0 Å². The normalized spacial score (nSPS) is 10.3. The van der Waals surface area contributed by atoms with Crippen LogP contribution in [0.3, 0.4) is 0 Å². The van der Waals surface area contributed by atoms with Gasteiger partial charge >= 0.3 is 0 Å². The van der Waals surface area contributed by atoms with E-state index in [0.29, 0.717) is 22.4 Å². The number of aryl methyl sites for hydroxylation is 1. The molecule has 0 aliphatic carbocycles. The van der Waals surface area contributed by atoms with Gasteiger partial charge in [0.25, 0.3) is 5.91 Å². The number of halogens is 1. The van der Waals surface area contributed by atoms with Crippen LogP contribution in [0.4, 0.5) is 5.69 Å². The molecule has 1 heterocycles. The maximum atomic E-state index is 11.9. The molecule has 1 amide bonds. The number of anilines is 1. The molecule has 0 unspecified atom stereocenters. The average molecular weight is 267 g/mol. The van der Waals surface area contributed by atoms with Crippen LogP contribution in [0.2, 0.25) is 5.02 Å². The summed E-state index contributed by atoms with van der Waals surface area (Å²) >= 11 is 5.92. The van der Waals surface area contributed by atoms with Gasteiger partial charge in [-0.05, 0) is 19.1 Å². The first-order chi connectivity index (χ1) is 8.58. The molecule has 3 N–H and O–H groups in total. The van der Waals surface area contributed by atoms with Crippen LogP contribution >= 0.6 is 11.6 Å². The molecule has 1 aromatic heterocycles. The van der Waals surface area contributed by atoms with Gasteiger partial charge in [0, 0.05) is 5.69 Å². The molecule has 2 rings (SSSR count). The first-order valence-electron chi connectivity index (χ1n) is 5.19. The van der Waals surface area contributed by atoms with Crippen LogP contribution in [0.25, 0.3) is 0 Å². The number of amides is 1. The predicted octanol–water partition coefficient (Wildman–Crippen LogP) is 1.54. The van der Waals surface area contributed by atoms with Gasteiger partial charge in [-0.15, -0.1) is 0 Å². The van der Waals surface area contributed by atoms with Crippen molar-refractivity contribution in [2.24, 2.45) is 0 Å². The molecule has 2 aromatic rings. The van der Waals surface area contributed by atoms with Crippen molar-refractivity contribution in [3.63, 3.8) is 0 Å². The molecule has 1 aromatic carbocycles. The van der Waals surface area contributed by atoms with Gasteiger partial charge in [0.2, 0.25) is 5.89 Å². The van der Waals surface area contributed by atoms with Gasteiger partial charge in [-0.1, -0.05) is 22.8 Å². The van der Waals surface area contributed by atoms with Crippen LogP contribution < -0.4 is 11.1 Å². The van der Waals surface area contributed by atoms with Gasteiger partial charge in [0.15, 0.2) is 5.82 Å². The average Bonchev–Trinajstić information content (AvgIpc) is 2.72. The van der Waals surface area contributed by atoms with Crippen LogP contribution in [0.15, 0.2) is 22.7 Å². The zero-order valence-corrected chi connectivity index (χ0v) is 10.4. The highest BCUT2D eigenvalue weighted by Crippen LogP contribution is 2.21. The monoisotopic (exact) mass is 266 g/mol. The summed E-state index contributed by atoms with van der Waals surface area (Å²) in [4.78, 5) is 15.9. The summed E-state index contributed by atoms with van der Waals surface area (Å²) in [6, 6.07) is 4.89. The second-order valence-corrected chi connectivity index (χ2v) is 4.03. The molecule has 0 fully saturated rings. The van der Waals surface area contributed by atoms with Crippen molar-refractivity contribution in [1.82, 2.24) is 15.5 Å². The minimum absolute atomic E-state index is 0.129. The van der Waals surface area contributed by atoms with E-state index in [1.807, 2.05) is 0 Å². The number of carbonyl (C=O) groups excluding carboxylic acids is 1. The van der Waals surface area contributed by atoms with Crippen LogP contribution in [0.5, 0.6) is 0 Å². The number of rotatable bonds is 3. The maximum absolute atomic E-state index is 11.9. The lowest BCUT2D eigenvalue weighted by atomic mass is 10.1. The Hall–Kier alpha value is -2.08. The van der Waals surface area contributed by atoms with Crippen molar-refractivity contribution in [2.45, 2.75) is 13.5 Å². The van der Waals surface area contributed by atoms with Crippen LogP contribution in [-0.4, -0.2) is 16.0 Å². The summed E-state index contributed by atoms with van der Waals surface area (Å²) in [6.45, 7) is 1.82. The van der Waals surface area contributed by atoms with E-state index in [0.717, 1.165) is 0 Å². The highest BCUT2D eigenvalue weighted by atomic mass is 35.5. The lowest BCUT2D eigenvalue weighted by Crippen LogP contribution is -2.24. The summed E-state index contributed by atoms with van der Waals surface area (Å²) in [5, 5.41) is 6.53. The molecule has 6 nitrogen and oxygen atoms in total.